The van der Waals surface area contributed by atoms with Gasteiger partial charge in [-0.1, -0.05) is 17.4 Å². The molecule has 0 saturated carbocycles. The minimum atomic E-state index is -0.568. The van der Waals surface area contributed by atoms with Crippen molar-refractivity contribution in [3.05, 3.63) is 63.5 Å². The molecule has 8 nitrogen and oxygen atoms in total. The van der Waals surface area contributed by atoms with Crippen LogP contribution in [0.2, 0.25) is 0 Å². The number of rotatable bonds is 6. The quantitative estimate of drug-likeness (QED) is 0.317. The van der Waals surface area contributed by atoms with Gasteiger partial charge in [0.15, 0.2) is 16.7 Å². The second kappa shape index (κ2) is 8.48. The predicted molar refractivity (Wildman–Crippen MR) is 121 cm³/mol. The van der Waals surface area contributed by atoms with Crippen LogP contribution in [0.3, 0.4) is 0 Å². The number of hydrogen-bond acceptors (Lipinski definition) is 9. The Labute approximate surface area is 190 Å². The van der Waals surface area contributed by atoms with E-state index in [0.717, 1.165) is 11.3 Å². The zero-order valence-corrected chi connectivity index (χ0v) is 18.9. The fourth-order valence-electron chi connectivity index (χ4n) is 3.24. The molecule has 3 heterocycles. The highest BCUT2D eigenvalue weighted by molar-refractivity contribution is 7.16. The Hall–Kier alpha value is -3.63. The molecule has 2 N–H and O–H groups in total. The van der Waals surface area contributed by atoms with Crippen molar-refractivity contribution >= 4 is 34.4 Å². The summed E-state index contributed by atoms with van der Waals surface area (Å²) in [6.45, 7) is 1.64. The summed E-state index contributed by atoms with van der Waals surface area (Å²) >= 11 is 2.32. The zero-order valence-electron chi connectivity index (χ0n) is 17.3. The van der Waals surface area contributed by atoms with E-state index < -0.39 is 23.4 Å². The number of methoxy groups -OCH3 is 2. The van der Waals surface area contributed by atoms with Gasteiger partial charge >= 0.3 is 5.97 Å². The van der Waals surface area contributed by atoms with Crippen LogP contribution in [0.5, 0.6) is 17.4 Å². The molecule has 1 aromatic carbocycles. The zero-order chi connectivity index (χ0) is 23.0. The van der Waals surface area contributed by atoms with Crippen LogP contribution >= 0.6 is 22.7 Å². The average Bonchev–Trinajstić information content (AvgIpc) is 3.52. The van der Waals surface area contributed by atoms with E-state index in [9.17, 15) is 19.8 Å². The normalized spacial score (nSPS) is 10.8. The highest BCUT2D eigenvalue weighted by atomic mass is 32.1. The molecule has 0 aliphatic rings. The van der Waals surface area contributed by atoms with Crippen molar-refractivity contribution in [2.45, 2.75) is 6.92 Å². The first kappa shape index (κ1) is 21.6. The van der Waals surface area contributed by atoms with Gasteiger partial charge in [-0.25, -0.2) is 9.78 Å². The van der Waals surface area contributed by atoms with Gasteiger partial charge in [0.1, 0.15) is 10.6 Å². The van der Waals surface area contributed by atoms with Crippen molar-refractivity contribution in [2.24, 2.45) is 0 Å². The summed E-state index contributed by atoms with van der Waals surface area (Å²) in [6, 6.07) is 9.99. The summed E-state index contributed by atoms with van der Waals surface area (Å²) in [5.41, 5.74) is 0.926. The second-order valence-corrected chi connectivity index (χ2v) is 8.59. The van der Waals surface area contributed by atoms with Crippen molar-refractivity contribution in [3.8, 4) is 33.1 Å². The van der Waals surface area contributed by atoms with Gasteiger partial charge in [0.2, 0.25) is 5.88 Å². The number of aryl methyl sites for hydroxylation is 1. The molecule has 0 aliphatic heterocycles. The molecular weight excluding hydrogens is 452 g/mol. The third kappa shape index (κ3) is 3.53. The van der Waals surface area contributed by atoms with Gasteiger partial charge in [-0.3, -0.25) is 9.36 Å². The molecule has 0 saturated heterocycles. The molecule has 4 rings (SSSR count). The van der Waals surface area contributed by atoms with Crippen LogP contribution in [0.15, 0.2) is 41.8 Å². The molecule has 0 atom stereocenters. The number of thiazole rings is 1. The third-order valence-electron chi connectivity index (χ3n) is 4.80. The van der Waals surface area contributed by atoms with Crippen molar-refractivity contribution in [1.29, 1.82) is 0 Å². The molecule has 0 unspecified atom stereocenters. The maximum atomic E-state index is 13.4. The predicted octanol–water partition coefficient (Wildman–Crippen LogP) is 4.41. The Morgan fingerprint density at radius 2 is 1.81 bits per heavy atom. The molecule has 3 aromatic heterocycles. The van der Waals surface area contributed by atoms with Gasteiger partial charge in [0.05, 0.1) is 36.0 Å². The largest absolute Gasteiger partial charge is 0.503 e. The molecule has 0 fully saturated rings. The first-order valence-electron chi connectivity index (χ1n) is 9.32. The first-order valence-corrected chi connectivity index (χ1v) is 11.0. The van der Waals surface area contributed by atoms with Crippen LogP contribution in [-0.2, 0) is 4.74 Å². The summed E-state index contributed by atoms with van der Waals surface area (Å²) < 4.78 is 11.2. The molecule has 0 amide bonds. The number of aromatic hydroxyl groups is 2. The lowest BCUT2D eigenvalue weighted by Gasteiger charge is -2.08. The summed E-state index contributed by atoms with van der Waals surface area (Å²) in [6.07, 6.45) is 0. The number of thiophene rings is 1. The Morgan fingerprint density at radius 1 is 1.09 bits per heavy atom. The molecule has 32 heavy (non-hydrogen) atoms. The molecule has 0 spiro atoms. The standard InChI is InChI=1S/C22H18N2O6S2/c1-11-19(21(28)30-3)32-22(23-11)24-16(14-5-4-10-31-14)15(18(26)20(24)27)17(25)12-6-8-13(29-2)9-7-12/h4-10,26-27H,1-3H3. The van der Waals surface area contributed by atoms with Gasteiger partial charge in [-0.05, 0) is 42.6 Å². The number of carbonyl (C=O) groups excluding carboxylic acids is 2. The van der Waals surface area contributed by atoms with Gasteiger partial charge in [0.25, 0.3) is 0 Å². The summed E-state index contributed by atoms with van der Waals surface area (Å²) in [5.74, 6) is -1.58. The molecule has 0 radical (unpaired) electrons. The van der Waals surface area contributed by atoms with Gasteiger partial charge in [-0.15, -0.1) is 11.3 Å². The summed E-state index contributed by atoms with van der Waals surface area (Å²) in [5, 5.41) is 23.6. The van der Waals surface area contributed by atoms with E-state index in [-0.39, 0.29) is 21.3 Å². The number of nitrogens with zero attached hydrogens (tertiary/aromatic N) is 2. The van der Waals surface area contributed by atoms with Gasteiger partial charge in [-0.2, -0.15) is 0 Å². The van der Waals surface area contributed by atoms with E-state index in [2.05, 4.69) is 4.98 Å². The fraction of sp³-hybridized carbons (Fsp3) is 0.136. The Morgan fingerprint density at radius 3 is 2.41 bits per heavy atom. The first-order chi connectivity index (χ1) is 15.4. The maximum absolute atomic E-state index is 13.4. The monoisotopic (exact) mass is 470 g/mol. The van der Waals surface area contributed by atoms with Crippen LogP contribution < -0.4 is 4.74 Å². The van der Waals surface area contributed by atoms with E-state index in [4.69, 9.17) is 9.47 Å². The highest BCUT2D eigenvalue weighted by Crippen LogP contribution is 2.46. The van der Waals surface area contributed by atoms with Crippen LogP contribution in [-0.4, -0.2) is 45.7 Å². The van der Waals surface area contributed by atoms with Gasteiger partial charge < -0.3 is 19.7 Å². The number of hydrogen-bond donors (Lipinski definition) is 2. The third-order valence-corrected chi connectivity index (χ3v) is 6.80. The van der Waals surface area contributed by atoms with Crippen molar-refractivity contribution in [3.63, 3.8) is 0 Å². The lowest BCUT2D eigenvalue weighted by Crippen LogP contribution is -2.04. The lowest BCUT2D eigenvalue weighted by atomic mass is 10.0. The number of ketones is 1. The van der Waals surface area contributed by atoms with E-state index in [0.29, 0.717) is 21.9 Å². The fourth-order valence-corrected chi connectivity index (χ4v) is 5.00. The van der Waals surface area contributed by atoms with E-state index in [1.807, 2.05) is 5.38 Å². The minimum absolute atomic E-state index is 0.0670. The molecule has 0 bridgehead atoms. The number of carbonyl (C=O) groups is 2. The molecule has 0 aliphatic carbocycles. The molecule has 164 valence electrons. The van der Waals surface area contributed by atoms with Crippen LogP contribution in [0.1, 0.15) is 31.3 Å². The number of esters is 1. The number of aromatic nitrogens is 2. The Bertz CT molecular complexity index is 1300. The van der Waals surface area contributed by atoms with Crippen molar-refractivity contribution in [2.75, 3.05) is 14.2 Å². The topological polar surface area (TPSA) is 111 Å². The van der Waals surface area contributed by atoms with Crippen molar-refractivity contribution < 1.29 is 29.3 Å². The number of ether oxygens (including phenoxy) is 2. The van der Waals surface area contributed by atoms with E-state index in [1.54, 1.807) is 43.3 Å². The number of benzene rings is 1. The lowest BCUT2D eigenvalue weighted by molar-refractivity contribution is 0.0605. The summed E-state index contributed by atoms with van der Waals surface area (Å²) in [4.78, 5) is 30.7. The highest BCUT2D eigenvalue weighted by Gasteiger charge is 2.32. The summed E-state index contributed by atoms with van der Waals surface area (Å²) in [7, 11) is 2.79. The second-order valence-electron chi connectivity index (χ2n) is 6.67. The average molecular weight is 471 g/mol. The van der Waals surface area contributed by atoms with Gasteiger partial charge in [0, 0.05) is 5.56 Å². The van der Waals surface area contributed by atoms with Crippen LogP contribution in [0.4, 0.5) is 0 Å². The van der Waals surface area contributed by atoms with Crippen LogP contribution in [0, 0.1) is 6.92 Å². The maximum Gasteiger partial charge on any atom is 0.350 e. The molecule has 10 heteroatoms. The molecular formula is C22H18N2O6S2. The van der Waals surface area contributed by atoms with E-state index in [1.165, 1.54) is 30.1 Å². The Balaban J connectivity index is 1.95. The van der Waals surface area contributed by atoms with E-state index >= 15 is 0 Å². The SMILES string of the molecule is COC(=O)c1sc(-n2c(O)c(O)c(C(=O)c3ccc(OC)cc3)c2-c2cccs2)nc1C. The molecule has 4 aromatic rings. The smallest absolute Gasteiger partial charge is 0.350 e. The Kier molecular flexibility index (Phi) is 5.72. The van der Waals surface area contributed by atoms with Crippen LogP contribution in [0.25, 0.3) is 15.7 Å². The van der Waals surface area contributed by atoms with Crippen molar-refractivity contribution in [1.82, 2.24) is 9.55 Å². The minimum Gasteiger partial charge on any atom is -0.503 e.